The summed E-state index contributed by atoms with van der Waals surface area (Å²) in [4.78, 5) is 11.8. The van der Waals surface area contributed by atoms with Gasteiger partial charge in [0.05, 0.1) is 11.4 Å². The maximum Gasteiger partial charge on any atom is 0.177 e. The average Bonchev–Trinajstić information content (AvgIpc) is 3.10. The molecule has 0 bridgehead atoms. The highest BCUT2D eigenvalue weighted by Gasteiger charge is 2.27. The lowest BCUT2D eigenvalue weighted by atomic mass is 9.85. The second-order valence-electron chi connectivity index (χ2n) is 9.88. The van der Waals surface area contributed by atoms with Crippen molar-refractivity contribution in [2.45, 2.75) is 76.7 Å². The first-order valence-electron chi connectivity index (χ1n) is 11.2. The number of hydrogen-bond donors (Lipinski definition) is 0. The molecule has 0 unspecified atom stereocenters. The number of rotatable bonds is 4. The molecule has 2 fully saturated rings. The van der Waals surface area contributed by atoms with Gasteiger partial charge in [0.25, 0.3) is 0 Å². The van der Waals surface area contributed by atoms with Crippen LogP contribution in [0.15, 0.2) is 24.4 Å². The Balaban J connectivity index is 1.26. The minimum absolute atomic E-state index is 0.00890. The molecule has 1 saturated carbocycles. The Bertz CT molecular complexity index is 1020. The molecule has 1 aliphatic heterocycles. The summed E-state index contributed by atoms with van der Waals surface area (Å²) in [7, 11) is 0. The van der Waals surface area contributed by atoms with E-state index in [1.807, 2.05) is 16.8 Å². The molecule has 4 heterocycles. The number of piperidine rings is 1. The molecule has 158 valence electrons. The zero-order valence-corrected chi connectivity index (χ0v) is 18.3. The molecular weight excluding hydrogens is 374 g/mol. The molecule has 5 rings (SSSR count). The van der Waals surface area contributed by atoms with E-state index in [-0.39, 0.29) is 5.41 Å². The fraction of sp³-hybridized carbons (Fsp3) is 0.609. The van der Waals surface area contributed by atoms with E-state index in [0.29, 0.717) is 11.8 Å². The number of hydrogen-bond acceptors (Lipinski definition) is 6. The first-order chi connectivity index (χ1) is 14.5. The molecule has 7 heteroatoms. The maximum absolute atomic E-state index is 4.87. The van der Waals surface area contributed by atoms with Gasteiger partial charge in [-0.15, -0.1) is 10.2 Å². The summed E-state index contributed by atoms with van der Waals surface area (Å²) in [6, 6.07) is 6.17. The highest BCUT2D eigenvalue weighted by atomic mass is 15.4. The van der Waals surface area contributed by atoms with E-state index >= 15 is 0 Å². The molecule has 3 aromatic rings. The van der Waals surface area contributed by atoms with Crippen molar-refractivity contribution in [3.05, 3.63) is 47.4 Å². The van der Waals surface area contributed by atoms with Gasteiger partial charge in [-0.05, 0) is 57.0 Å². The second-order valence-corrected chi connectivity index (χ2v) is 9.88. The summed E-state index contributed by atoms with van der Waals surface area (Å²) >= 11 is 0. The molecule has 0 N–H and O–H groups in total. The SMILES string of the molecule is CC(C)(C)c1ccc2nnc(C3CCN(Cc4ccnc(C5CCC5)n4)CC3)n2n1. The van der Waals surface area contributed by atoms with Crippen LogP contribution in [-0.2, 0) is 12.0 Å². The van der Waals surface area contributed by atoms with Gasteiger partial charge in [-0.25, -0.2) is 9.97 Å². The summed E-state index contributed by atoms with van der Waals surface area (Å²) < 4.78 is 1.97. The lowest BCUT2D eigenvalue weighted by molar-refractivity contribution is 0.198. The third kappa shape index (κ3) is 3.83. The molecule has 0 spiro atoms. The van der Waals surface area contributed by atoms with E-state index in [1.165, 1.54) is 19.3 Å². The monoisotopic (exact) mass is 405 g/mol. The molecule has 3 aromatic heterocycles. The van der Waals surface area contributed by atoms with Crippen LogP contribution in [0, 0.1) is 0 Å². The van der Waals surface area contributed by atoms with Crippen LogP contribution in [-0.4, -0.2) is 47.8 Å². The summed E-state index contributed by atoms with van der Waals surface area (Å²) in [5.74, 6) is 3.03. The smallest absolute Gasteiger partial charge is 0.177 e. The first-order valence-corrected chi connectivity index (χ1v) is 11.2. The van der Waals surface area contributed by atoms with Crippen LogP contribution in [0.25, 0.3) is 5.65 Å². The Morgan fingerprint density at radius 2 is 1.77 bits per heavy atom. The first kappa shape index (κ1) is 19.5. The number of likely N-dealkylation sites (tertiary alicyclic amines) is 1. The van der Waals surface area contributed by atoms with E-state index in [4.69, 9.17) is 10.1 Å². The van der Waals surface area contributed by atoms with Crippen molar-refractivity contribution in [1.82, 2.24) is 34.7 Å². The van der Waals surface area contributed by atoms with Crippen LogP contribution in [0.2, 0.25) is 0 Å². The molecule has 7 nitrogen and oxygen atoms in total. The molecule has 30 heavy (non-hydrogen) atoms. The van der Waals surface area contributed by atoms with Crippen LogP contribution in [0.5, 0.6) is 0 Å². The Kier molecular flexibility index (Phi) is 5.01. The molecule has 0 amide bonds. The summed E-state index contributed by atoms with van der Waals surface area (Å²) in [6.45, 7) is 9.55. The van der Waals surface area contributed by atoms with Gasteiger partial charge in [-0.1, -0.05) is 27.2 Å². The van der Waals surface area contributed by atoms with Gasteiger partial charge in [0, 0.05) is 30.0 Å². The lowest BCUT2D eigenvalue weighted by Crippen LogP contribution is -2.33. The average molecular weight is 406 g/mol. The molecule has 0 aromatic carbocycles. The van der Waals surface area contributed by atoms with Crippen molar-refractivity contribution < 1.29 is 0 Å². The van der Waals surface area contributed by atoms with Crippen LogP contribution in [0.4, 0.5) is 0 Å². The van der Waals surface area contributed by atoms with Gasteiger partial charge in [0.15, 0.2) is 11.5 Å². The highest BCUT2D eigenvalue weighted by Crippen LogP contribution is 2.34. The zero-order valence-electron chi connectivity index (χ0n) is 18.3. The van der Waals surface area contributed by atoms with Crippen molar-refractivity contribution in [3.63, 3.8) is 0 Å². The fourth-order valence-electron chi connectivity index (χ4n) is 4.40. The molecule has 0 radical (unpaired) electrons. The molecule has 2 aliphatic rings. The third-order valence-electron chi connectivity index (χ3n) is 6.60. The quantitative estimate of drug-likeness (QED) is 0.656. The van der Waals surface area contributed by atoms with Gasteiger partial charge < -0.3 is 0 Å². The minimum atomic E-state index is 0.00890. The standard InChI is InChI=1S/C23H31N7/c1-23(2,3)19-7-8-20-26-27-22(30(20)28-19)17-10-13-29(14-11-17)15-18-9-12-24-21(25-18)16-5-4-6-16/h7-9,12,16-17H,4-6,10-11,13-15H2,1-3H3. The Hall–Kier alpha value is -2.41. The molecule has 0 atom stereocenters. The van der Waals surface area contributed by atoms with E-state index in [1.54, 1.807) is 0 Å². The zero-order chi connectivity index (χ0) is 20.7. The predicted octanol–water partition coefficient (Wildman–Crippen LogP) is 3.86. The minimum Gasteiger partial charge on any atom is -0.297 e. The normalized spacial score (nSPS) is 19.3. The maximum atomic E-state index is 4.87. The fourth-order valence-corrected chi connectivity index (χ4v) is 4.40. The highest BCUT2D eigenvalue weighted by molar-refractivity contribution is 5.37. The van der Waals surface area contributed by atoms with Crippen LogP contribution >= 0.6 is 0 Å². The summed E-state index contributed by atoms with van der Waals surface area (Å²) in [5.41, 5.74) is 3.06. The van der Waals surface area contributed by atoms with Crippen molar-refractivity contribution in [3.8, 4) is 0 Å². The topological polar surface area (TPSA) is 72.1 Å². The Morgan fingerprint density at radius 1 is 0.967 bits per heavy atom. The summed E-state index contributed by atoms with van der Waals surface area (Å²) in [5, 5.41) is 13.7. The van der Waals surface area contributed by atoms with Crippen LogP contribution < -0.4 is 0 Å². The van der Waals surface area contributed by atoms with Crippen LogP contribution in [0.3, 0.4) is 0 Å². The Labute approximate surface area is 177 Å². The largest absolute Gasteiger partial charge is 0.297 e. The number of nitrogens with zero attached hydrogens (tertiary/aromatic N) is 7. The van der Waals surface area contributed by atoms with Crippen molar-refractivity contribution >= 4 is 5.65 Å². The molecule has 1 saturated heterocycles. The number of fused-ring (bicyclic) bond motifs is 1. The van der Waals surface area contributed by atoms with Gasteiger partial charge >= 0.3 is 0 Å². The Morgan fingerprint density at radius 3 is 2.47 bits per heavy atom. The molecule has 1 aliphatic carbocycles. The van der Waals surface area contributed by atoms with Crippen molar-refractivity contribution in [2.24, 2.45) is 0 Å². The summed E-state index contributed by atoms with van der Waals surface area (Å²) in [6.07, 6.45) is 7.88. The van der Waals surface area contributed by atoms with Gasteiger partial charge in [-0.2, -0.15) is 9.61 Å². The molecular formula is C23H31N7. The lowest BCUT2D eigenvalue weighted by Gasteiger charge is -2.31. The van der Waals surface area contributed by atoms with Crippen molar-refractivity contribution in [1.29, 1.82) is 0 Å². The third-order valence-corrected chi connectivity index (χ3v) is 6.60. The van der Waals surface area contributed by atoms with Crippen molar-refractivity contribution in [2.75, 3.05) is 13.1 Å². The van der Waals surface area contributed by atoms with Crippen LogP contribution in [0.1, 0.15) is 87.7 Å². The number of aromatic nitrogens is 6. The van der Waals surface area contributed by atoms with Gasteiger partial charge in [0.1, 0.15) is 5.82 Å². The predicted molar refractivity (Wildman–Crippen MR) is 115 cm³/mol. The van der Waals surface area contributed by atoms with E-state index in [9.17, 15) is 0 Å². The van der Waals surface area contributed by atoms with E-state index < -0.39 is 0 Å². The van der Waals surface area contributed by atoms with E-state index in [0.717, 1.165) is 61.2 Å². The van der Waals surface area contributed by atoms with Gasteiger partial charge in [0.2, 0.25) is 0 Å². The second kappa shape index (κ2) is 7.69. The van der Waals surface area contributed by atoms with Gasteiger partial charge in [-0.3, -0.25) is 4.90 Å². The van der Waals surface area contributed by atoms with E-state index in [2.05, 4.69) is 53.0 Å².